The Bertz CT molecular complexity index is 1200. The van der Waals surface area contributed by atoms with E-state index in [9.17, 15) is 13.2 Å². The molecule has 0 N–H and O–H groups in total. The van der Waals surface area contributed by atoms with Gasteiger partial charge in [-0.1, -0.05) is 0 Å². The second-order valence-corrected chi connectivity index (χ2v) is 9.35. The molecule has 0 unspecified atom stereocenters. The molecule has 0 atom stereocenters. The fourth-order valence-corrected chi connectivity index (χ4v) is 5.33. The van der Waals surface area contributed by atoms with Crippen molar-refractivity contribution in [2.75, 3.05) is 0 Å². The van der Waals surface area contributed by atoms with Gasteiger partial charge in [-0.25, -0.2) is 13.2 Å². The summed E-state index contributed by atoms with van der Waals surface area (Å²) in [5.74, 6) is -3.32. The predicted molar refractivity (Wildman–Crippen MR) is 120 cm³/mol. The molecule has 0 spiro atoms. The molecule has 29 heavy (non-hydrogen) atoms. The number of halogens is 7. The van der Waals surface area contributed by atoms with E-state index in [4.69, 9.17) is 0 Å². The lowest BCUT2D eigenvalue weighted by Crippen LogP contribution is -2.51. The van der Waals surface area contributed by atoms with Crippen molar-refractivity contribution >= 4 is 63.4 Å². The largest absolute Gasteiger partial charge is 0.737 e. The third-order valence-electron chi connectivity index (χ3n) is 5.56. The quantitative estimate of drug-likeness (QED) is 0.198. The first-order valence-corrected chi connectivity index (χ1v) is 10.9. The Morgan fingerprint density at radius 1 is 0.966 bits per heavy atom. The maximum Gasteiger partial charge on any atom is 0.737 e. The number of allylic oxidation sites excluding steroid dienone is 2. The minimum absolute atomic E-state index is 0.0137. The van der Waals surface area contributed by atoms with Crippen LogP contribution in [0.1, 0.15) is 36.4 Å². The van der Waals surface area contributed by atoms with Crippen molar-refractivity contribution in [2.24, 2.45) is 0 Å². The lowest BCUT2D eigenvalue weighted by molar-refractivity contribution is -0.363. The first-order valence-electron chi connectivity index (χ1n) is 8.70. The van der Waals surface area contributed by atoms with Crippen LogP contribution in [-0.2, 0) is 0 Å². The zero-order valence-corrected chi connectivity index (χ0v) is 20.1. The molecule has 0 amide bonds. The zero-order valence-electron chi connectivity index (χ0n) is 15.8. The molecule has 0 aliphatic carbocycles. The summed E-state index contributed by atoms with van der Waals surface area (Å²) >= 11 is 3.93. The van der Waals surface area contributed by atoms with Gasteiger partial charge in [-0.2, -0.15) is 0 Å². The van der Waals surface area contributed by atoms with E-state index in [1.54, 1.807) is 27.7 Å². The van der Waals surface area contributed by atoms with Gasteiger partial charge in [0, 0.05) is 33.9 Å². The van der Waals surface area contributed by atoms with Crippen molar-refractivity contribution in [2.45, 2.75) is 27.7 Å². The average molecular weight is 630 g/mol. The summed E-state index contributed by atoms with van der Waals surface area (Å²) in [5.41, 5.74) is 1.26. The topological polar surface area (TPSA) is 7.94 Å². The molecule has 2 aromatic rings. The number of nitrogens with zero attached hydrogens (tertiary/aromatic N) is 2. The minimum Gasteiger partial charge on any atom is -0.392 e. The van der Waals surface area contributed by atoms with Gasteiger partial charge in [0.05, 0.1) is 14.7 Å². The SMILES string of the molecule is CC1=C(I)C(C)=[N+]2C1=C(c1c(F)cc(F)cc1F)c1c(C)c(I)c(C)n1[B-]2(F)F. The minimum atomic E-state index is -4.29. The van der Waals surface area contributed by atoms with E-state index >= 15 is 8.63 Å². The fourth-order valence-electron chi connectivity index (χ4n) is 4.30. The van der Waals surface area contributed by atoms with Crippen molar-refractivity contribution in [1.82, 2.24) is 4.48 Å². The van der Waals surface area contributed by atoms with Crippen LogP contribution in [0, 0.1) is 34.9 Å². The smallest absolute Gasteiger partial charge is 0.392 e. The van der Waals surface area contributed by atoms with Crippen LogP contribution in [0.4, 0.5) is 21.8 Å². The number of rotatable bonds is 1. The fraction of sp³-hybridized carbons (Fsp3) is 0.211. The predicted octanol–water partition coefficient (Wildman–Crippen LogP) is 6.32. The van der Waals surface area contributed by atoms with Gasteiger partial charge in [0.25, 0.3) is 0 Å². The van der Waals surface area contributed by atoms with Gasteiger partial charge in [-0.05, 0) is 77.2 Å². The van der Waals surface area contributed by atoms with E-state index in [-0.39, 0.29) is 17.0 Å². The summed E-state index contributed by atoms with van der Waals surface area (Å²) in [6, 6.07) is 1.15. The Labute approximate surface area is 191 Å². The van der Waals surface area contributed by atoms with Crippen molar-refractivity contribution in [3.63, 3.8) is 0 Å². The van der Waals surface area contributed by atoms with Gasteiger partial charge < -0.3 is 17.6 Å². The summed E-state index contributed by atoms with van der Waals surface area (Å²) in [6.07, 6.45) is 0. The first kappa shape index (κ1) is 21.1. The van der Waals surface area contributed by atoms with Crippen LogP contribution in [0.5, 0.6) is 0 Å². The highest BCUT2D eigenvalue weighted by Gasteiger charge is 2.57. The van der Waals surface area contributed by atoms with Crippen LogP contribution in [0.25, 0.3) is 5.57 Å². The van der Waals surface area contributed by atoms with E-state index in [2.05, 4.69) is 0 Å². The van der Waals surface area contributed by atoms with Crippen molar-refractivity contribution in [3.8, 4) is 0 Å². The van der Waals surface area contributed by atoms with Gasteiger partial charge in [0.2, 0.25) is 0 Å². The Balaban J connectivity index is 2.29. The molecule has 1 aromatic carbocycles. The monoisotopic (exact) mass is 630 g/mol. The van der Waals surface area contributed by atoms with E-state index < -0.39 is 30.0 Å². The second kappa shape index (κ2) is 6.66. The van der Waals surface area contributed by atoms with Gasteiger partial charge in [-0.15, -0.1) is 0 Å². The summed E-state index contributed by atoms with van der Waals surface area (Å²) in [5, 5.41) is 0. The first-order chi connectivity index (χ1) is 13.4. The molecular weight excluding hydrogens is 616 g/mol. The number of fused-ring (bicyclic) bond motifs is 2. The van der Waals surface area contributed by atoms with Crippen molar-refractivity contribution < 1.29 is 26.3 Å². The maximum atomic E-state index is 15.8. The van der Waals surface area contributed by atoms with E-state index in [0.717, 1.165) is 8.96 Å². The number of aromatic nitrogens is 1. The maximum absolute atomic E-state index is 15.8. The Morgan fingerprint density at radius 2 is 1.52 bits per heavy atom. The van der Waals surface area contributed by atoms with Crippen LogP contribution in [0.3, 0.4) is 0 Å². The molecule has 0 radical (unpaired) electrons. The molecule has 1 aromatic heterocycles. The third-order valence-corrected chi connectivity index (χ3v) is 8.74. The van der Waals surface area contributed by atoms with E-state index in [0.29, 0.717) is 41.8 Å². The van der Waals surface area contributed by atoms with Crippen LogP contribution in [0.15, 0.2) is 27.0 Å². The summed E-state index contributed by atoms with van der Waals surface area (Å²) in [7, 11) is 0. The molecule has 4 rings (SSSR count). The molecule has 0 saturated heterocycles. The van der Waals surface area contributed by atoms with Crippen LogP contribution in [0.2, 0.25) is 0 Å². The molecule has 2 aliphatic heterocycles. The average Bonchev–Trinajstić information content (AvgIpc) is 2.98. The molecule has 0 saturated carbocycles. The van der Waals surface area contributed by atoms with Gasteiger partial charge in [0.15, 0.2) is 5.70 Å². The Hall–Kier alpha value is -1.18. The lowest BCUT2D eigenvalue weighted by Gasteiger charge is -2.34. The molecule has 2 nitrogen and oxygen atoms in total. The Kier molecular flexibility index (Phi) is 4.84. The van der Waals surface area contributed by atoms with Gasteiger partial charge >= 0.3 is 6.97 Å². The number of hydrogen-bond acceptors (Lipinski definition) is 0. The van der Waals surface area contributed by atoms with Crippen LogP contribution < -0.4 is 0 Å². The lowest BCUT2D eigenvalue weighted by atomic mass is 9.83. The number of hydrogen-bond donors (Lipinski definition) is 0. The van der Waals surface area contributed by atoms with E-state index in [1.807, 2.05) is 45.2 Å². The van der Waals surface area contributed by atoms with Crippen LogP contribution in [-0.4, -0.2) is 21.6 Å². The summed E-state index contributed by atoms with van der Waals surface area (Å²) in [4.78, 5) is 0. The highest BCUT2D eigenvalue weighted by atomic mass is 127. The van der Waals surface area contributed by atoms with Gasteiger partial charge in [-0.3, -0.25) is 0 Å². The van der Waals surface area contributed by atoms with Gasteiger partial charge in [0.1, 0.15) is 23.2 Å². The molecule has 0 fully saturated rings. The molecule has 3 heterocycles. The normalized spacial score (nSPS) is 18.0. The highest BCUT2D eigenvalue weighted by molar-refractivity contribution is 14.1. The zero-order chi connectivity index (χ0) is 21.6. The van der Waals surface area contributed by atoms with Crippen molar-refractivity contribution in [3.05, 3.63) is 70.5 Å². The second-order valence-electron chi connectivity index (χ2n) is 7.19. The summed E-state index contributed by atoms with van der Waals surface area (Å²) in [6.45, 7) is 2.14. The molecule has 0 bridgehead atoms. The van der Waals surface area contributed by atoms with Crippen LogP contribution >= 0.6 is 45.2 Å². The summed E-state index contributed by atoms with van der Waals surface area (Å²) < 4.78 is 77.8. The van der Waals surface area contributed by atoms with Crippen molar-refractivity contribution in [1.29, 1.82) is 0 Å². The molecule has 10 heteroatoms. The standard InChI is InChI=1S/C19H14BF5I2N2/c1-7-16(26)9(3)28-18(7)15(14-12(22)5-11(21)6-13(14)23)19-8(2)17(27)10(4)29(19)20(28,24)25/h5-6H,1-4H3. The third kappa shape index (κ3) is 2.66. The molecule has 2 aliphatic rings. The molecule has 152 valence electrons. The molecular formula is C19H14BF5I2N2. The Morgan fingerprint density at radius 3 is 2.07 bits per heavy atom. The van der Waals surface area contributed by atoms with E-state index in [1.165, 1.54) is 0 Å². The highest BCUT2D eigenvalue weighted by Crippen LogP contribution is 2.48. The number of benzene rings is 1.